The molecule has 4 atom stereocenters. The predicted molar refractivity (Wildman–Crippen MR) is 53.7 cm³/mol. The number of carbonyl (C=O) groups is 1. The average molecular weight is 261 g/mol. The standard InChI is InChI=1S/C9H12FN3O5/c10-7-4(8(11)17)13(2-12-7)9-6(16)5(15)3(1-14)18-9/h2-3,5-6,9,14-16H,1H2,(H2,11,17). The van der Waals surface area contributed by atoms with Crippen molar-refractivity contribution in [2.45, 2.75) is 24.5 Å². The van der Waals surface area contributed by atoms with Crippen molar-refractivity contribution in [2.75, 3.05) is 6.61 Å². The van der Waals surface area contributed by atoms with E-state index >= 15 is 0 Å². The SMILES string of the molecule is NC(=O)c1c(F)ncn1C1OC(CO)C(O)C1O. The molecule has 2 rings (SSSR count). The number of primary amides is 1. The van der Waals surface area contributed by atoms with Gasteiger partial charge in [0, 0.05) is 0 Å². The minimum Gasteiger partial charge on any atom is -0.394 e. The Hall–Kier alpha value is -1.55. The van der Waals surface area contributed by atoms with Crippen LogP contribution >= 0.6 is 0 Å². The molecule has 18 heavy (non-hydrogen) atoms. The van der Waals surface area contributed by atoms with Crippen LogP contribution in [0.3, 0.4) is 0 Å². The zero-order chi connectivity index (χ0) is 13.4. The van der Waals surface area contributed by atoms with Gasteiger partial charge in [0.15, 0.2) is 11.9 Å². The molecule has 4 unspecified atom stereocenters. The second-order valence-corrected chi connectivity index (χ2v) is 3.88. The molecule has 1 aliphatic heterocycles. The third-order valence-electron chi connectivity index (χ3n) is 2.77. The molecule has 0 spiro atoms. The number of aromatic nitrogens is 2. The number of hydrogen-bond acceptors (Lipinski definition) is 6. The summed E-state index contributed by atoms with van der Waals surface area (Å²) in [5.41, 5.74) is 4.42. The quantitative estimate of drug-likeness (QED) is 0.485. The molecular formula is C9H12FN3O5. The van der Waals surface area contributed by atoms with Gasteiger partial charge in [-0.25, -0.2) is 4.98 Å². The van der Waals surface area contributed by atoms with E-state index in [1.807, 2.05) is 0 Å². The number of aliphatic hydroxyl groups is 3. The summed E-state index contributed by atoms with van der Waals surface area (Å²) in [6, 6.07) is 0. The highest BCUT2D eigenvalue weighted by molar-refractivity contribution is 5.91. The maximum atomic E-state index is 13.2. The van der Waals surface area contributed by atoms with Crippen LogP contribution in [0.15, 0.2) is 6.33 Å². The molecule has 9 heteroatoms. The smallest absolute Gasteiger partial charge is 0.270 e. The van der Waals surface area contributed by atoms with Crippen LogP contribution in [0.25, 0.3) is 0 Å². The van der Waals surface area contributed by atoms with Crippen LogP contribution < -0.4 is 5.73 Å². The van der Waals surface area contributed by atoms with Gasteiger partial charge in [-0.1, -0.05) is 0 Å². The molecule has 100 valence electrons. The lowest BCUT2D eigenvalue weighted by molar-refractivity contribution is -0.0535. The molecule has 1 saturated heterocycles. The first kappa shape index (κ1) is 12.9. The van der Waals surface area contributed by atoms with Gasteiger partial charge in [-0.05, 0) is 0 Å². The van der Waals surface area contributed by atoms with Crippen LogP contribution in [0.2, 0.25) is 0 Å². The Morgan fingerprint density at radius 1 is 1.56 bits per heavy atom. The van der Waals surface area contributed by atoms with E-state index in [1.165, 1.54) is 0 Å². The summed E-state index contributed by atoms with van der Waals surface area (Å²) < 4.78 is 19.2. The summed E-state index contributed by atoms with van der Waals surface area (Å²) in [6.07, 6.45) is -4.14. The van der Waals surface area contributed by atoms with Gasteiger partial charge in [0.2, 0.25) is 5.95 Å². The fourth-order valence-electron chi connectivity index (χ4n) is 1.87. The topological polar surface area (TPSA) is 131 Å². The van der Waals surface area contributed by atoms with Crippen LogP contribution in [0.1, 0.15) is 16.7 Å². The van der Waals surface area contributed by atoms with E-state index in [4.69, 9.17) is 15.6 Å². The molecule has 0 aromatic carbocycles. The number of aliphatic hydroxyl groups excluding tert-OH is 3. The van der Waals surface area contributed by atoms with Crippen LogP contribution in [0.4, 0.5) is 4.39 Å². The number of nitrogens with zero attached hydrogens (tertiary/aromatic N) is 2. The second-order valence-electron chi connectivity index (χ2n) is 3.88. The molecule has 1 amide bonds. The van der Waals surface area contributed by atoms with Crippen molar-refractivity contribution < 1.29 is 29.2 Å². The zero-order valence-electron chi connectivity index (χ0n) is 9.10. The lowest BCUT2D eigenvalue weighted by Gasteiger charge is -2.17. The minimum atomic E-state index is -1.44. The van der Waals surface area contributed by atoms with Crippen LogP contribution in [-0.4, -0.2) is 55.7 Å². The van der Waals surface area contributed by atoms with Crippen LogP contribution in [0, 0.1) is 5.95 Å². The number of amides is 1. The average Bonchev–Trinajstić information content (AvgIpc) is 2.82. The van der Waals surface area contributed by atoms with Gasteiger partial charge in [-0.3, -0.25) is 9.36 Å². The van der Waals surface area contributed by atoms with E-state index in [1.54, 1.807) is 0 Å². The number of rotatable bonds is 3. The number of nitrogens with two attached hydrogens (primary N) is 1. The molecule has 1 aliphatic rings. The molecule has 1 aromatic heterocycles. The molecule has 1 aromatic rings. The summed E-state index contributed by atoms with van der Waals surface area (Å²) in [5.74, 6) is -2.18. The third-order valence-corrected chi connectivity index (χ3v) is 2.77. The van der Waals surface area contributed by atoms with E-state index in [0.717, 1.165) is 10.9 Å². The first-order chi connectivity index (χ1) is 8.47. The number of imidazole rings is 1. The van der Waals surface area contributed by atoms with Gasteiger partial charge in [0.25, 0.3) is 5.91 Å². The Morgan fingerprint density at radius 3 is 2.72 bits per heavy atom. The molecule has 2 heterocycles. The van der Waals surface area contributed by atoms with Crippen LogP contribution in [0.5, 0.6) is 0 Å². The number of carbonyl (C=O) groups excluding carboxylic acids is 1. The van der Waals surface area contributed by atoms with E-state index in [2.05, 4.69) is 4.98 Å². The summed E-state index contributed by atoms with van der Waals surface area (Å²) >= 11 is 0. The molecule has 0 bridgehead atoms. The fraction of sp³-hybridized carbons (Fsp3) is 0.556. The van der Waals surface area contributed by atoms with Gasteiger partial charge in [0.1, 0.15) is 24.6 Å². The summed E-state index contributed by atoms with van der Waals surface area (Å²) in [5, 5.41) is 28.2. The highest BCUT2D eigenvalue weighted by Crippen LogP contribution is 2.30. The Balaban J connectivity index is 2.36. The molecule has 0 aliphatic carbocycles. The minimum absolute atomic E-state index is 0.530. The van der Waals surface area contributed by atoms with Crippen molar-refractivity contribution in [3.8, 4) is 0 Å². The third kappa shape index (κ3) is 1.86. The van der Waals surface area contributed by atoms with Crippen molar-refractivity contribution in [2.24, 2.45) is 5.73 Å². The highest BCUT2D eigenvalue weighted by Gasteiger charge is 2.44. The highest BCUT2D eigenvalue weighted by atomic mass is 19.1. The second kappa shape index (κ2) is 4.61. The van der Waals surface area contributed by atoms with Gasteiger partial charge < -0.3 is 25.8 Å². The van der Waals surface area contributed by atoms with E-state index in [0.29, 0.717) is 0 Å². The van der Waals surface area contributed by atoms with Crippen molar-refractivity contribution in [1.82, 2.24) is 9.55 Å². The molecule has 1 fully saturated rings. The Bertz CT molecular complexity index is 465. The maximum Gasteiger partial charge on any atom is 0.270 e. The molecule has 8 nitrogen and oxygen atoms in total. The molecular weight excluding hydrogens is 249 g/mol. The maximum absolute atomic E-state index is 13.2. The van der Waals surface area contributed by atoms with Gasteiger partial charge in [-0.2, -0.15) is 4.39 Å². The molecule has 0 radical (unpaired) electrons. The summed E-state index contributed by atoms with van der Waals surface area (Å²) in [4.78, 5) is 14.3. The first-order valence-electron chi connectivity index (χ1n) is 5.12. The largest absolute Gasteiger partial charge is 0.394 e. The van der Waals surface area contributed by atoms with Crippen molar-refractivity contribution in [1.29, 1.82) is 0 Å². The van der Waals surface area contributed by atoms with Crippen molar-refractivity contribution in [3.63, 3.8) is 0 Å². The Labute approximate surface area is 100 Å². The summed E-state index contributed by atoms with van der Waals surface area (Å²) in [7, 11) is 0. The number of halogens is 1. The molecule has 5 N–H and O–H groups in total. The zero-order valence-corrected chi connectivity index (χ0v) is 9.10. The van der Waals surface area contributed by atoms with Gasteiger partial charge in [0.05, 0.1) is 6.61 Å². The van der Waals surface area contributed by atoms with Gasteiger partial charge in [-0.15, -0.1) is 0 Å². The van der Waals surface area contributed by atoms with Gasteiger partial charge >= 0.3 is 0 Å². The van der Waals surface area contributed by atoms with Crippen LogP contribution in [-0.2, 0) is 4.74 Å². The predicted octanol–water partition coefficient (Wildman–Crippen LogP) is -2.27. The number of hydrogen-bond donors (Lipinski definition) is 4. The lowest BCUT2D eigenvalue weighted by Crippen LogP contribution is -2.33. The van der Waals surface area contributed by atoms with Crippen molar-refractivity contribution >= 4 is 5.91 Å². The Kier molecular flexibility index (Phi) is 3.30. The normalized spacial score (nSPS) is 31.8. The lowest BCUT2D eigenvalue weighted by atomic mass is 10.1. The van der Waals surface area contributed by atoms with E-state index in [9.17, 15) is 19.4 Å². The van der Waals surface area contributed by atoms with E-state index < -0.39 is 48.7 Å². The van der Waals surface area contributed by atoms with E-state index in [-0.39, 0.29) is 0 Å². The monoisotopic (exact) mass is 261 g/mol. The Morgan fingerprint density at radius 2 is 2.22 bits per heavy atom. The fourth-order valence-corrected chi connectivity index (χ4v) is 1.87. The number of ether oxygens (including phenoxy) is 1. The summed E-state index contributed by atoms with van der Waals surface area (Å²) in [6.45, 7) is -0.530. The first-order valence-corrected chi connectivity index (χ1v) is 5.12. The van der Waals surface area contributed by atoms with Crippen molar-refractivity contribution in [3.05, 3.63) is 18.0 Å². The molecule has 0 saturated carbocycles.